The van der Waals surface area contributed by atoms with E-state index in [0.29, 0.717) is 23.7 Å². The molecule has 0 saturated heterocycles. The first-order valence-electron chi connectivity index (χ1n) is 10.4. The molecular formula is C23H31N3O3. The van der Waals surface area contributed by atoms with Gasteiger partial charge in [-0.15, -0.1) is 0 Å². The van der Waals surface area contributed by atoms with Crippen LogP contribution in [0.1, 0.15) is 65.5 Å². The molecule has 1 heterocycles. The van der Waals surface area contributed by atoms with Crippen LogP contribution in [0.15, 0.2) is 24.3 Å². The summed E-state index contributed by atoms with van der Waals surface area (Å²) in [5.41, 5.74) is 4.11. The number of nitrogens with one attached hydrogen (secondary N) is 1. The Morgan fingerprint density at radius 3 is 2.52 bits per heavy atom. The van der Waals surface area contributed by atoms with Crippen LogP contribution in [0.4, 0.5) is 0 Å². The van der Waals surface area contributed by atoms with Gasteiger partial charge in [0.1, 0.15) is 5.56 Å². The molecule has 0 radical (unpaired) electrons. The number of carbonyl (C=O) groups excluding carboxylic acids is 2. The largest absolute Gasteiger partial charge is 0.452 e. The first-order valence-corrected chi connectivity index (χ1v) is 10.4. The van der Waals surface area contributed by atoms with Gasteiger partial charge in [-0.3, -0.25) is 9.48 Å². The van der Waals surface area contributed by atoms with Crippen molar-refractivity contribution in [3.8, 4) is 0 Å². The summed E-state index contributed by atoms with van der Waals surface area (Å²) in [6.45, 7) is 8.18. The summed E-state index contributed by atoms with van der Waals surface area (Å²) in [4.78, 5) is 24.8. The molecule has 6 heteroatoms. The maximum absolute atomic E-state index is 12.6. The second-order valence-electron chi connectivity index (χ2n) is 8.20. The molecule has 1 aliphatic rings. The lowest BCUT2D eigenvalue weighted by Gasteiger charge is -2.29. The molecule has 2 aromatic rings. The lowest BCUT2D eigenvalue weighted by atomic mass is 9.86. The van der Waals surface area contributed by atoms with Gasteiger partial charge < -0.3 is 10.1 Å². The fraction of sp³-hybridized carbons (Fsp3) is 0.522. The molecule has 156 valence electrons. The number of carbonyl (C=O) groups is 2. The number of hydrogen-bond acceptors (Lipinski definition) is 4. The molecule has 29 heavy (non-hydrogen) atoms. The van der Waals surface area contributed by atoms with E-state index in [1.54, 1.807) is 11.6 Å². The van der Waals surface area contributed by atoms with E-state index in [2.05, 4.69) is 41.6 Å². The number of rotatable bonds is 6. The fourth-order valence-electron chi connectivity index (χ4n) is 4.00. The molecule has 1 amide bonds. The van der Waals surface area contributed by atoms with Crippen LogP contribution in [-0.2, 0) is 16.1 Å². The van der Waals surface area contributed by atoms with Gasteiger partial charge in [-0.1, -0.05) is 49.6 Å². The van der Waals surface area contributed by atoms with Crippen molar-refractivity contribution in [1.82, 2.24) is 15.1 Å². The Bertz CT molecular complexity index is 870. The maximum atomic E-state index is 12.6. The SMILES string of the molecule is Cc1ccc(Cn2nc(C)c(C(=O)OCC(=O)NC3CCCCC3C)c2C)cc1. The standard InChI is InChI=1S/C23H31N3O3/c1-15-9-11-19(12-10-15)13-26-18(4)22(17(3)25-26)23(28)29-14-21(27)24-20-8-6-5-7-16(20)2/h9-12,16,20H,5-8,13-14H2,1-4H3,(H,24,27). The molecule has 1 aromatic carbocycles. The van der Waals surface area contributed by atoms with E-state index >= 15 is 0 Å². The molecule has 1 fully saturated rings. The number of esters is 1. The molecule has 2 unspecified atom stereocenters. The average Bonchev–Trinajstić information content (AvgIpc) is 2.97. The molecule has 0 aliphatic heterocycles. The molecule has 3 rings (SSSR count). The fourth-order valence-corrected chi connectivity index (χ4v) is 4.00. The van der Waals surface area contributed by atoms with E-state index in [1.165, 1.54) is 12.0 Å². The normalized spacial score (nSPS) is 19.0. The van der Waals surface area contributed by atoms with Crippen molar-refractivity contribution >= 4 is 11.9 Å². The van der Waals surface area contributed by atoms with Crippen molar-refractivity contribution in [2.45, 2.75) is 66.0 Å². The first-order chi connectivity index (χ1) is 13.8. The minimum absolute atomic E-state index is 0.177. The molecule has 6 nitrogen and oxygen atoms in total. The van der Waals surface area contributed by atoms with E-state index in [-0.39, 0.29) is 18.6 Å². The van der Waals surface area contributed by atoms with E-state index < -0.39 is 5.97 Å². The highest BCUT2D eigenvalue weighted by Gasteiger charge is 2.24. The zero-order chi connectivity index (χ0) is 21.0. The Morgan fingerprint density at radius 2 is 1.83 bits per heavy atom. The van der Waals surface area contributed by atoms with Crippen LogP contribution in [-0.4, -0.2) is 34.3 Å². The summed E-state index contributed by atoms with van der Waals surface area (Å²) >= 11 is 0. The van der Waals surface area contributed by atoms with Crippen LogP contribution in [0.3, 0.4) is 0 Å². The van der Waals surface area contributed by atoms with Crippen LogP contribution in [0.5, 0.6) is 0 Å². The number of ether oxygens (including phenoxy) is 1. The summed E-state index contributed by atoms with van der Waals surface area (Å²) in [6.07, 6.45) is 4.47. The zero-order valence-corrected chi connectivity index (χ0v) is 17.8. The van der Waals surface area contributed by atoms with Crippen molar-refractivity contribution in [2.24, 2.45) is 5.92 Å². The molecule has 1 aromatic heterocycles. The van der Waals surface area contributed by atoms with Gasteiger partial charge >= 0.3 is 5.97 Å². The Balaban J connectivity index is 1.59. The first kappa shape index (κ1) is 21.1. The molecule has 1 saturated carbocycles. The predicted molar refractivity (Wildman–Crippen MR) is 112 cm³/mol. The van der Waals surface area contributed by atoms with Crippen molar-refractivity contribution in [1.29, 1.82) is 0 Å². The lowest BCUT2D eigenvalue weighted by Crippen LogP contribution is -2.42. The summed E-state index contributed by atoms with van der Waals surface area (Å²) < 4.78 is 7.11. The van der Waals surface area contributed by atoms with Crippen LogP contribution in [0, 0.1) is 26.7 Å². The van der Waals surface area contributed by atoms with Crippen LogP contribution in [0.2, 0.25) is 0 Å². The number of aryl methyl sites for hydroxylation is 2. The van der Waals surface area contributed by atoms with Gasteiger partial charge in [0.05, 0.1) is 17.9 Å². The predicted octanol–water partition coefficient (Wildman–Crippen LogP) is 3.71. The molecule has 1 N–H and O–H groups in total. The number of nitrogens with zero attached hydrogens (tertiary/aromatic N) is 2. The number of benzene rings is 1. The average molecular weight is 398 g/mol. The molecule has 0 bridgehead atoms. The zero-order valence-electron chi connectivity index (χ0n) is 17.8. The third kappa shape index (κ3) is 5.25. The van der Waals surface area contributed by atoms with Gasteiger partial charge in [0.15, 0.2) is 6.61 Å². The highest BCUT2D eigenvalue weighted by atomic mass is 16.5. The minimum Gasteiger partial charge on any atom is -0.452 e. The Kier molecular flexibility index (Phi) is 6.72. The second-order valence-corrected chi connectivity index (χ2v) is 8.20. The van der Waals surface area contributed by atoms with Gasteiger partial charge in [0.2, 0.25) is 0 Å². The molecule has 2 atom stereocenters. The quantitative estimate of drug-likeness (QED) is 0.754. The molecule has 0 spiro atoms. The minimum atomic E-state index is -0.498. The number of amides is 1. The van der Waals surface area contributed by atoms with Gasteiger partial charge in [-0.05, 0) is 45.1 Å². The van der Waals surface area contributed by atoms with Crippen molar-refractivity contribution in [3.05, 3.63) is 52.3 Å². The van der Waals surface area contributed by atoms with Gasteiger partial charge in [0, 0.05) is 6.04 Å². The number of hydrogen-bond donors (Lipinski definition) is 1. The Labute approximate surface area is 172 Å². The van der Waals surface area contributed by atoms with Gasteiger partial charge in [0.25, 0.3) is 5.91 Å². The summed E-state index contributed by atoms with van der Waals surface area (Å²) in [6, 6.07) is 8.40. The van der Waals surface area contributed by atoms with E-state index in [1.807, 2.05) is 13.8 Å². The van der Waals surface area contributed by atoms with Crippen LogP contribution < -0.4 is 5.32 Å². The summed E-state index contributed by atoms with van der Waals surface area (Å²) in [5.74, 6) is -0.269. The summed E-state index contributed by atoms with van der Waals surface area (Å²) in [5, 5.41) is 7.50. The van der Waals surface area contributed by atoms with Crippen molar-refractivity contribution < 1.29 is 14.3 Å². The molecule has 1 aliphatic carbocycles. The lowest BCUT2D eigenvalue weighted by molar-refractivity contribution is -0.125. The maximum Gasteiger partial charge on any atom is 0.342 e. The van der Waals surface area contributed by atoms with E-state index in [9.17, 15) is 9.59 Å². The molecular weight excluding hydrogens is 366 g/mol. The van der Waals surface area contributed by atoms with E-state index in [0.717, 1.165) is 30.5 Å². The van der Waals surface area contributed by atoms with Gasteiger partial charge in [-0.2, -0.15) is 5.10 Å². The topological polar surface area (TPSA) is 73.2 Å². The Morgan fingerprint density at radius 1 is 1.14 bits per heavy atom. The van der Waals surface area contributed by atoms with Crippen molar-refractivity contribution in [3.63, 3.8) is 0 Å². The van der Waals surface area contributed by atoms with Crippen LogP contribution in [0.25, 0.3) is 0 Å². The third-order valence-electron chi connectivity index (χ3n) is 5.83. The van der Waals surface area contributed by atoms with Crippen molar-refractivity contribution in [2.75, 3.05) is 6.61 Å². The second kappa shape index (κ2) is 9.25. The summed E-state index contributed by atoms with van der Waals surface area (Å²) in [7, 11) is 0. The number of aromatic nitrogens is 2. The van der Waals surface area contributed by atoms with Gasteiger partial charge in [-0.25, -0.2) is 4.79 Å². The van der Waals surface area contributed by atoms with Crippen LogP contribution >= 0.6 is 0 Å². The smallest absolute Gasteiger partial charge is 0.342 e. The highest BCUT2D eigenvalue weighted by molar-refractivity contribution is 5.93. The van der Waals surface area contributed by atoms with E-state index in [4.69, 9.17) is 4.74 Å². The Hall–Kier alpha value is -2.63. The third-order valence-corrected chi connectivity index (χ3v) is 5.83. The monoisotopic (exact) mass is 397 g/mol. The highest BCUT2D eigenvalue weighted by Crippen LogP contribution is 2.23.